The van der Waals surface area contributed by atoms with Gasteiger partial charge in [0.15, 0.2) is 0 Å². The van der Waals surface area contributed by atoms with Gasteiger partial charge in [0.25, 0.3) is 0 Å². The fraction of sp³-hybridized carbons (Fsp3) is 1.00. The summed E-state index contributed by atoms with van der Waals surface area (Å²) >= 11 is 0. The number of rotatable bonds is 22. The van der Waals surface area contributed by atoms with Gasteiger partial charge in [-0.05, 0) is 37.1 Å². The van der Waals surface area contributed by atoms with Gasteiger partial charge in [0.2, 0.25) is 0 Å². The lowest BCUT2D eigenvalue weighted by molar-refractivity contribution is -0.00000588. The highest BCUT2D eigenvalue weighted by Gasteiger charge is 2.12. The standard InChI is InChI=1S/C25H53S.ClH/c1-4-7-8-9-10-11-12-13-14-15-16-17-18-19-20-21-22-23-25-26(6-3)24-5-2;/h4-25H2,1-3H3;1H/q+1;/p-1. The van der Waals surface area contributed by atoms with Crippen LogP contribution in [0.1, 0.15) is 143 Å². The normalized spacial score (nSPS) is 12.1. The Balaban J connectivity index is 0. The third-order valence-corrected chi connectivity index (χ3v) is 8.36. The van der Waals surface area contributed by atoms with Crippen LogP contribution >= 0.6 is 0 Å². The van der Waals surface area contributed by atoms with Crippen LogP contribution in [-0.2, 0) is 10.9 Å². The van der Waals surface area contributed by atoms with E-state index < -0.39 is 0 Å². The average molecular weight is 421 g/mol. The molecular formula is C25H53ClS. The smallest absolute Gasteiger partial charge is 0.108 e. The molecule has 0 radical (unpaired) electrons. The molecule has 0 aromatic carbocycles. The van der Waals surface area contributed by atoms with Crippen LogP contribution < -0.4 is 12.4 Å². The van der Waals surface area contributed by atoms with Crippen molar-refractivity contribution in [1.29, 1.82) is 0 Å². The van der Waals surface area contributed by atoms with E-state index in [1.54, 1.807) is 0 Å². The van der Waals surface area contributed by atoms with Gasteiger partial charge in [0.1, 0.15) is 17.3 Å². The number of halogens is 1. The Labute approximate surface area is 183 Å². The van der Waals surface area contributed by atoms with Crippen molar-refractivity contribution >= 4 is 10.9 Å². The van der Waals surface area contributed by atoms with Crippen molar-refractivity contribution in [2.45, 2.75) is 143 Å². The maximum Gasteiger partial charge on any atom is 0.108 e. The molecule has 0 aromatic rings. The second-order valence-corrected chi connectivity index (χ2v) is 10.9. The molecule has 0 N–H and O–H groups in total. The Morgan fingerprint density at radius 2 is 0.704 bits per heavy atom. The van der Waals surface area contributed by atoms with E-state index in [0.29, 0.717) is 0 Å². The lowest BCUT2D eigenvalue weighted by Gasteiger charge is -2.06. The van der Waals surface area contributed by atoms with E-state index >= 15 is 0 Å². The first-order valence-electron chi connectivity index (χ1n) is 12.5. The number of hydrogen-bond donors (Lipinski definition) is 0. The molecule has 0 saturated carbocycles. The minimum absolute atomic E-state index is 0. The van der Waals surface area contributed by atoms with Crippen LogP contribution in [0.3, 0.4) is 0 Å². The molecule has 1 atom stereocenters. The zero-order valence-corrected chi connectivity index (χ0v) is 20.9. The van der Waals surface area contributed by atoms with Crippen molar-refractivity contribution in [3.05, 3.63) is 0 Å². The summed E-state index contributed by atoms with van der Waals surface area (Å²) in [6.07, 6.45) is 28.0. The molecule has 0 fully saturated rings. The van der Waals surface area contributed by atoms with Gasteiger partial charge < -0.3 is 12.4 Å². The molecule has 0 aliphatic carbocycles. The summed E-state index contributed by atoms with van der Waals surface area (Å²) in [5.41, 5.74) is 0. The second-order valence-electron chi connectivity index (χ2n) is 8.32. The molecule has 0 aliphatic rings. The molecule has 0 nitrogen and oxygen atoms in total. The van der Waals surface area contributed by atoms with Gasteiger partial charge in [-0.15, -0.1) is 0 Å². The van der Waals surface area contributed by atoms with E-state index in [9.17, 15) is 0 Å². The fourth-order valence-electron chi connectivity index (χ4n) is 3.89. The summed E-state index contributed by atoms with van der Waals surface area (Å²) in [4.78, 5) is 0. The molecular weight excluding hydrogens is 368 g/mol. The van der Waals surface area contributed by atoms with Crippen molar-refractivity contribution in [1.82, 2.24) is 0 Å². The molecule has 0 bridgehead atoms. The molecule has 0 aromatic heterocycles. The molecule has 0 rings (SSSR count). The first kappa shape index (κ1) is 29.8. The predicted molar refractivity (Wildman–Crippen MR) is 127 cm³/mol. The van der Waals surface area contributed by atoms with Gasteiger partial charge in [-0.25, -0.2) is 0 Å². The van der Waals surface area contributed by atoms with E-state index in [1.165, 1.54) is 139 Å². The summed E-state index contributed by atoms with van der Waals surface area (Å²) in [5.74, 6) is 4.42. The van der Waals surface area contributed by atoms with E-state index in [4.69, 9.17) is 0 Å². The third-order valence-electron chi connectivity index (χ3n) is 5.69. The largest absolute Gasteiger partial charge is 1.00 e. The Bertz CT molecular complexity index is 244. The van der Waals surface area contributed by atoms with Crippen LogP contribution in [0.25, 0.3) is 0 Å². The number of unbranched alkanes of at least 4 members (excludes halogenated alkanes) is 17. The van der Waals surface area contributed by atoms with Gasteiger partial charge in [-0.3, -0.25) is 0 Å². The zero-order valence-electron chi connectivity index (χ0n) is 19.3. The highest BCUT2D eigenvalue weighted by atomic mass is 35.5. The highest BCUT2D eigenvalue weighted by Crippen LogP contribution is 2.14. The summed E-state index contributed by atoms with van der Waals surface area (Å²) in [5, 5.41) is 0. The topological polar surface area (TPSA) is 0 Å². The Morgan fingerprint density at radius 1 is 0.370 bits per heavy atom. The minimum atomic E-state index is 0. The van der Waals surface area contributed by atoms with Gasteiger partial charge in [0, 0.05) is 0 Å². The van der Waals surface area contributed by atoms with Crippen molar-refractivity contribution < 1.29 is 12.4 Å². The summed E-state index contributed by atoms with van der Waals surface area (Å²) < 4.78 is 0. The minimum Gasteiger partial charge on any atom is -1.00 e. The highest BCUT2D eigenvalue weighted by molar-refractivity contribution is 7.96. The third kappa shape index (κ3) is 24.6. The Kier molecular flexibility index (Phi) is 29.4. The second kappa shape index (κ2) is 26.6. The van der Waals surface area contributed by atoms with Crippen LogP contribution in [0.2, 0.25) is 0 Å². The summed E-state index contributed by atoms with van der Waals surface area (Å²) in [6.45, 7) is 7.02. The van der Waals surface area contributed by atoms with Crippen LogP contribution in [0.4, 0.5) is 0 Å². The first-order valence-corrected chi connectivity index (χ1v) is 14.2. The van der Waals surface area contributed by atoms with E-state index in [2.05, 4.69) is 20.8 Å². The fourth-order valence-corrected chi connectivity index (χ4v) is 5.86. The molecule has 2 heteroatoms. The first-order chi connectivity index (χ1) is 12.8. The van der Waals surface area contributed by atoms with Crippen LogP contribution in [0, 0.1) is 0 Å². The molecule has 166 valence electrons. The molecule has 0 amide bonds. The van der Waals surface area contributed by atoms with Crippen molar-refractivity contribution in [3.8, 4) is 0 Å². The van der Waals surface area contributed by atoms with Gasteiger partial charge >= 0.3 is 0 Å². The van der Waals surface area contributed by atoms with Crippen LogP contribution in [0.5, 0.6) is 0 Å². The molecule has 1 unspecified atom stereocenters. The molecule has 0 aliphatic heterocycles. The van der Waals surface area contributed by atoms with Gasteiger partial charge in [-0.2, -0.15) is 0 Å². The Hall–Kier alpha value is 0.640. The SMILES string of the molecule is CCCCCCCCCCCCCCCCCCCC[S+](CC)CCC.[Cl-]. The summed E-state index contributed by atoms with van der Waals surface area (Å²) in [7, 11) is 0.750. The summed E-state index contributed by atoms with van der Waals surface area (Å²) in [6, 6.07) is 0. The number of hydrogen-bond acceptors (Lipinski definition) is 0. The van der Waals surface area contributed by atoms with Crippen molar-refractivity contribution in [2.24, 2.45) is 0 Å². The maximum absolute atomic E-state index is 2.38. The molecule has 0 spiro atoms. The quantitative estimate of drug-likeness (QED) is 0.147. The predicted octanol–water partition coefficient (Wildman–Crippen LogP) is 6.08. The van der Waals surface area contributed by atoms with Crippen LogP contribution in [0.15, 0.2) is 0 Å². The van der Waals surface area contributed by atoms with Crippen LogP contribution in [-0.4, -0.2) is 17.3 Å². The van der Waals surface area contributed by atoms with Gasteiger partial charge in [0.05, 0.1) is 0 Å². The zero-order chi connectivity index (χ0) is 19.1. The monoisotopic (exact) mass is 420 g/mol. The van der Waals surface area contributed by atoms with E-state index in [-0.39, 0.29) is 12.4 Å². The lowest BCUT2D eigenvalue weighted by Crippen LogP contribution is -3.00. The van der Waals surface area contributed by atoms with Crippen molar-refractivity contribution in [2.75, 3.05) is 17.3 Å². The van der Waals surface area contributed by atoms with E-state index in [0.717, 1.165) is 10.9 Å². The van der Waals surface area contributed by atoms with Gasteiger partial charge in [-0.1, -0.05) is 117 Å². The lowest BCUT2D eigenvalue weighted by atomic mass is 10.0. The van der Waals surface area contributed by atoms with Crippen molar-refractivity contribution in [3.63, 3.8) is 0 Å². The molecule has 0 saturated heterocycles. The average Bonchev–Trinajstić information content (AvgIpc) is 2.66. The van der Waals surface area contributed by atoms with E-state index in [1.807, 2.05) is 0 Å². The maximum atomic E-state index is 2.38. The molecule has 0 heterocycles. The molecule has 27 heavy (non-hydrogen) atoms. The Morgan fingerprint density at radius 3 is 1.00 bits per heavy atom.